The topological polar surface area (TPSA) is 56.7 Å². The quantitative estimate of drug-likeness (QED) is 0.873. The third kappa shape index (κ3) is 2.10. The monoisotopic (exact) mass is 234 g/mol. The van der Waals surface area contributed by atoms with Crippen LogP contribution >= 0.6 is 0 Å². The van der Waals surface area contributed by atoms with E-state index in [1.807, 2.05) is 0 Å². The van der Waals surface area contributed by atoms with E-state index in [9.17, 15) is 0 Å². The summed E-state index contributed by atoms with van der Waals surface area (Å²) in [5.74, 6) is 3.72. The molecule has 0 saturated heterocycles. The first-order valence-electron chi connectivity index (χ1n) is 6.93. The van der Waals surface area contributed by atoms with Crippen LogP contribution in [0.25, 0.3) is 0 Å². The molecule has 4 nitrogen and oxygen atoms in total. The minimum absolute atomic E-state index is 0.520. The lowest BCUT2D eigenvalue weighted by Gasteiger charge is -2.26. The van der Waals surface area contributed by atoms with Crippen molar-refractivity contribution in [3.8, 4) is 0 Å². The van der Waals surface area contributed by atoms with Crippen molar-refractivity contribution in [2.24, 2.45) is 11.7 Å². The van der Waals surface area contributed by atoms with Crippen LogP contribution in [-0.2, 0) is 6.54 Å². The van der Waals surface area contributed by atoms with Crippen molar-refractivity contribution in [1.29, 1.82) is 0 Å². The summed E-state index contributed by atoms with van der Waals surface area (Å²) in [5, 5.41) is 8.71. The minimum Gasteiger partial charge on any atom is -0.324 e. The van der Waals surface area contributed by atoms with Gasteiger partial charge in [-0.2, -0.15) is 0 Å². The summed E-state index contributed by atoms with van der Waals surface area (Å²) < 4.78 is 2.35. The maximum absolute atomic E-state index is 5.76. The van der Waals surface area contributed by atoms with Gasteiger partial charge in [-0.1, -0.05) is 19.8 Å². The van der Waals surface area contributed by atoms with Crippen molar-refractivity contribution in [2.75, 3.05) is 0 Å². The Balaban J connectivity index is 1.84. The lowest BCUT2D eigenvalue weighted by Crippen LogP contribution is -2.17. The molecule has 4 heteroatoms. The van der Waals surface area contributed by atoms with E-state index >= 15 is 0 Å². The molecule has 0 atom stereocenters. The first-order valence-corrected chi connectivity index (χ1v) is 6.93. The summed E-state index contributed by atoms with van der Waals surface area (Å²) in [7, 11) is 0. The van der Waals surface area contributed by atoms with Gasteiger partial charge in [0.05, 0.1) is 6.54 Å². The smallest absolute Gasteiger partial charge is 0.147 e. The molecule has 0 unspecified atom stereocenters. The summed E-state index contributed by atoms with van der Waals surface area (Å²) >= 11 is 0. The number of hydrogen-bond acceptors (Lipinski definition) is 3. The molecule has 0 bridgehead atoms. The zero-order valence-corrected chi connectivity index (χ0v) is 10.6. The Kier molecular flexibility index (Phi) is 2.90. The molecule has 2 saturated carbocycles. The molecule has 0 aliphatic heterocycles. The second kappa shape index (κ2) is 4.41. The van der Waals surface area contributed by atoms with E-state index in [0.717, 1.165) is 11.7 Å². The van der Waals surface area contributed by atoms with Crippen molar-refractivity contribution in [3.63, 3.8) is 0 Å². The molecule has 94 valence electrons. The fourth-order valence-corrected chi connectivity index (χ4v) is 3.00. The number of aromatic nitrogens is 3. The van der Waals surface area contributed by atoms with Crippen LogP contribution in [0.15, 0.2) is 0 Å². The number of nitrogens with zero attached hydrogens (tertiary/aromatic N) is 3. The van der Waals surface area contributed by atoms with E-state index in [-0.39, 0.29) is 0 Å². The van der Waals surface area contributed by atoms with Gasteiger partial charge in [-0.25, -0.2) is 0 Å². The van der Waals surface area contributed by atoms with Crippen molar-refractivity contribution < 1.29 is 0 Å². The predicted octanol–water partition coefficient (Wildman–Crippen LogP) is 2.37. The summed E-state index contributed by atoms with van der Waals surface area (Å²) in [4.78, 5) is 0. The highest BCUT2D eigenvalue weighted by Crippen LogP contribution is 2.41. The van der Waals surface area contributed by atoms with Crippen LogP contribution in [0.3, 0.4) is 0 Å². The Morgan fingerprint density at radius 2 is 1.82 bits per heavy atom. The highest BCUT2D eigenvalue weighted by molar-refractivity contribution is 5.08. The highest BCUT2D eigenvalue weighted by Gasteiger charge is 2.32. The molecule has 1 aromatic heterocycles. The molecule has 2 N–H and O–H groups in total. The van der Waals surface area contributed by atoms with Crippen molar-refractivity contribution in [2.45, 2.75) is 64.0 Å². The normalized spacial score (nSPS) is 29.5. The lowest BCUT2D eigenvalue weighted by atomic mass is 9.82. The minimum atomic E-state index is 0.520. The van der Waals surface area contributed by atoms with Crippen LogP contribution in [0.4, 0.5) is 0 Å². The van der Waals surface area contributed by atoms with Gasteiger partial charge >= 0.3 is 0 Å². The molecule has 2 aliphatic rings. The van der Waals surface area contributed by atoms with Crippen LogP contribution in [0.2, 0.25) is 0 Å². The van der Waals surface area contributed by atoms with E-state index in [1.165, 1.54) is 44.3 Å². The molecule has 0 radical (unpaired) electrons. The van der Waals surface area contributed by atoms with Gasteiger partial charge in [0.25, 0.3) is 0 Å². The predicted molar refractivity (Wildman–Crippen MR) is 66.6 cm³/mol. The Morgan fingerprint density at radius 3 is 2.41 bits per heavy atom. The number of rotatable bonds is 3. The Labute approximate surface area is 103 Å². The Hall–Kier alpha value is -0.900. The van der Waals surface area contributed by atoms with Crippen molar-refractivity contribution >= 4 is 0 Å². The zero-order chi connectivity index (χ0) is 11.8. The SMILES string of the molecule is CC1CCC(c2nnc(CN)n2C2CC2)CC1. The van der Waals surface area contributed by atoms with Gasteiger partial charge in [0.15, 0.2) is 0 Å². The van der Waals surface area contributed by atoms with E-state index in [0.29, 0.717) is 18.5 Å². The summed E-state index contributed by atoms with van der Waals surface area (Å²) in [5.41, 5.74) is 5.76. The second-order valence-electron chi connectivity index (χ2n) is 5.74. The molecule has 2 aliphatic carbocycles. The molecular formula is C13H22N4. The van der Waals surface area contributed by atoms with E-state index < -0.39 is 0 Å². The van der Waals surface area contributed by atoms with Crippen molar-refractivity contribution in [3.05, 3.63) is 11.6 Å². The maximum atomic E-state index is 5.76. The first-order chi connectivity index (χ1) is 8.29. The molecule has 0 amide bonds. The van der Waals surface area contributed by atoms with Crippen LogP contribution < -0.4 is 5.73 Å². The summed E-state index contributed by atoms with van der Waals surface area (Å²) in [6.07, 6.45) is 7.77. The second-order valence-corrected chi connectivity index (χ2v) is 5.74. The molecule has 1 heterocycles. The molecule has 2 fully saturated rings. The van der Waals surface area contributed by atoms with E-state index in [2.05, 4.69) is 21.7 Å². The van der Waals surface area contributed by atoms with Gasteiger partial charge in [-0.05, 0) is 31.6 Å². The fraction of sp³-hybridized carbons (Fsp3) is 0.846. The molecule has 1 aromatic rings. The van der Waals surface area contributed by atoms with Gasteiger partial charge in [0, 0.05) is 12.0 Å². The van der Waals surface area contributed by atoms with E-state index in [1.54, 1.807) is 0 Å². The average Bonchev–Trinajstić information content (AvgIpc) is 3.10. The molecule has 3 rings (SSSR count). The number of nitrogens with two attached hydrogens (primary N) is 1. The number of hydrogen-bond donors (Lipinski definition) is 1. The van der Waals surface area contributed by atoms with Gasteiger partial charge < -0.3 is 10.3 Å². The third-order valence-corrected chi connectivity index (χ3v) is 4.27. The van der Waals surface area contributed by atoms with Gasteiger partial charge in [-0.3, -0.25) is 0 Å². The molecule has 17 heavy (non-hydrogen) atoms. The first kappa shape index (κ1) is 11.2. The van der Waals surface area contributed by atoms with Crippen LogP contribution in [0, 0.1) is 5.92 Å². The third-order valence-electron chi connectivity index (χ3n) is 4.27. The van der Waals surface area contributed by atoms with Gasteiger partial charge in [-0.15, -0.1) is 10.2 Å². The van der Waals surface area contributed by atoms with Crippen molar-refractivity contribution in [1.82, 2.24) is 14.8 Å². The summed E-state index contributed by atoms with van der Waals surface area (Å²) in [6.45, 7) is 2.87. The Morgan fingerprint density at radius 1 is 1.12 bits per heavy atom. The maximum Gasteiger partial charge on any atom is 0.147 e. The standard InChI is InChI=1S/C13H22N4/c1-9-2-4-10(5-3-9)13-16-15-12(8-14)17(13)11-6-7-11/h9-11H,2-8,14H2,1H3. The zero-order valence-electron chi connectivity index (χ0n) is 10.6. The molecular weight excluding hydrogens is 212 g/mol. The summed E-state index contributed by atoms with van der Waals surface area (Å²) in [6, 6.07) is 0.651. The van der Waals surface area contributed by atoms with Crippen LogP contribution in [0.5, 0.6) is 0 Å². The highest BCUT2D eigenvalue weighted by atomic mass is 15.3. The molecule has 0 aromatic carbocycles. The van der Waals surface area contributed by atoms with Gasteiger partial charge in [0.1, 0.15) is 11.6 Å². The van der Waals surface area contributed by atoms with E-state index in [4.69, 9.17) is 5.73 Å². The average molecular weight is 234 g/mol. The largest absolute Gasteiger partial charge is 0.324 e. The molecule has 0 spiro atoms. The van der Waals surface area contributed by atoms with Crippen LogP contribution in [0.1, 0.15) is 69.1 Å². The van der Waals surface area contributed by atoms with Gasteiger partial charge in [0.2, 0.25) is 0 Å². The fourth-order valence-electron chi connectivity index (χ4n) is 3.00. The lowest BCUT2D eigenvalue weighted by molar-refractivity contribution is 0.333. The van der Waals surface area contributed by atoms with Crippen LogP contribution in [-0.4, -0.2) is 14.8 Å². The Bertz CT molecular complexity index is 386.